The first-order chi connectivity index (χ1) is 7.90. The lowest BCUT2D eigenvalue weighted by atomic mass is 10.3. The monoisotopic (exact) mass is 232 g/mol. The number of H-pyrrole nitrogens is 1. The fourth-order valence-corrected chi connectivity index (χ4v) is 1.97. The SMILES string of the molecule is CCSc1ccccc1N=Nc1ncc[nH]1. The van der Waals surface area contributed by atoms with E-state index >= 15 is 0 Å². The third kappa shape index (κ3) is 2.70. The number of hydrogen-bond acceptors (Lipinski definition) is 4. The van der Waals surface area contributed by atoms with E-state index in [0.717, 1.165) is 16.3 Å². The molecule has 0 radical (unpaired) electrons. The van der Waals surface area contributed by atoms with Crippen molar-refractivity contribution in [3.05, 3.63) is 36.7 Å². The van der Waals surface area contributed by atoms with Gasteiger partial charge in [0.05, 0.1) is 5.69 Å². The smallest absolute Gasteiger partial charge is 0.246 e. The number of nitrogens with zero attached hydrogens (tertiary/aromatic N) is 3. The maximum absolute atomic E-state index is 4.18. The van der Waals surface area contributed by atoms with Crippen molar-refractivity contribution in [2.75, 3.05) is 5.75 Å². The molecule has 0 unspecified atom stereocenters. The zero-order valence-electron chi connectivity index (χ0n) is 8.92. The molecule has 0 fully saturated rings. The Labute approximate surface area is 98.2 Å². The predicted octanol–water partition coefficient (Wildman–Crippen LogP) is 3.94. The molecule has 82 valence electrons. The number of thioether (sulfide) groups is 1. The summed E-state index contributed by atoms with van der Waals surface area (Å²) in [7, 11) is 0. The van der Waals surface area contributed by atoms with E-state index in [4.69, 9.17) is 0 Å². The number of hydrogen-bond donors (Lipinski definition) is 1. The average Bonchev–Trinajstić information content (AvgIpc) is 2.81. The Morgan fingerprint density at radius 2 is 2.19 bits per heavy atom. The molecule has 0 aliphatic heterocycles. The molecule has 0 saturated carbocycles. The van der Waals surface area contributed by atoms with Crippen LogP contribution in [0.3, 0.4) is 0 Å². The van der Waals surface area contributed by atoms with E-state index in [2.05, 4.69) is 27.1 Å². The zero-order chi connectivity index (χ0) is 11.2. The van der Waals surface area contributed by atoms with Gasteiger partial charge in [0.15, 0.2) is 0 Å². The molecule has 16 heavy (non-hydrogen) atoms. The molecule has 5 heteroatoms. The fraction of sp³-hybridized carbons (Fsp3) is 0.182. The highest BCUT2D eigenvalue weighted by Gasteiger charge is 1.99. The van der Waals surface area contributed by atoms with Crippen LogP contribution in [0.1, 0.15) is 6.92 Å². The van der Waals surface area contributed by atoms with E-state index in [1.54, 1.807) is 24.2 Å². The fourth-order valence-electron chi connectivity index (χ4n) is 1.23. The molecule has 4 nitrogen and oxygen atoms in total. The average molecular weight is 232 g/mol. The lowest BCUT2D eigenvalue weighted by molar-refractivity contribution is 1.11. The van der Waals surface area contributed by atoms with Crippen molar-refractivity contribution in [1.29, 1.82) is 0 Å². The highest BCUT2D eigenvalue weighted by Crippen LogP contribution is 2.29. The van der Waals surface area contributed by atoms with Gasteiger partial charge in [-0.1, -0.05) is 19.1 Å². The highest BCUT2D eigenvalue weighted by molar-refractivity contribution is 7.99. The van der Waals surface area contributed by atoms with Crippen LogP contribution in [0.5, 0.6) is 0 Å². The van der Waals surface area contributed by atoms with Crippen molar-refractivity contribution in [3.63, 3.8) is 0 Å². The third-order valence-electron chi connectivity index (χ3n) is 1.90. The molecule has 0 amide bonds. The van der Waals surface area contributed by atoms with E-state index < -0.39 is 0 Å². The van der Waals surface area contributed by atoms with Crippen LogP contribution in [-0.4, -0.2) is 15.7 Å². The zero-order valence-corrected chi connectivity index (χ0v) is 9.74. The van der Waals surface area contributed by atoms with Crippen molar-refractivity contribution in [3.8, 4) is 0 Å². The lowest BCUT2D eigenvalue weighted by Crippen LogP contribution is -1.74. The van der Waals surface area contributed by atoms with Crippen molar-refractivity contribution < 1.29 is 0 Å². The Bertz CT molecular complexity index is 465. The molecule has 0 spiro atoms. The predicted molar refractivity (Wildman–Crippen MR) is 65.6 cm³/mol. The van der Waals surface area contributed by atoms with Gasteiger partial charge in [-0.15, -0.1) is 22.0 Å². The summed E-state index contributed by atoms with van der Waals surface area (Å²) in [6, 6.07) is 7.95. The summed E-state index contributed by atoms with van der Waals surface area (Å²) < 4.78 is 0. The molecule has 2 aromatic rings. The maximum Gasteiger partial charge on any atom is 0.246 e. The molecule has 0 atom stereocenters. The van der Waals surface area contributed by atoms with E-state index in [1.165, 1.54) is 0 Å². The van der Waals surface area contributed by atoms with Crippen LogP contribution in [0.25, 0.3) is 0 Å². The number of imidazole rings is 1. The van der Waals surface area contributed by atoms with Crippen LogP contribution in [0.2, 0.25) is 0 Å². The van der Waals surface area contributed by atoms with E-state index in [-0.39, 0.29) is 0 Å². The quantitative estimate of drug-likeness (QED) is 0.641. The summed E-state index contributed by atoms with van der Waals surface area (Å²) in [5.74, 6) is 1.55. The molecule has 1 heterocycles. The lowest BCUT2D eigenvalue weighted by Gasteiger charge is -2.00. The van der Waals surface area contributed by atoms with Gasteiger partial charge in [0.25, 0.3) is 0 Å². The Kier molecular flexibility index (Phi) is 3.71. The number of benzene rings is 1. The first kappa shape index (κ1) is 10.9. The third-order valence-corrected chi connectivity index (χ3v) is 2.85. The molecule has 1 aromatic carbocycles. The summed E-state index contributed by atoms with van der Waals surface area (Å²) in [4.78, 5) is 8.00. The minimum absolute atomic E-state index is 0.524. The molecular weight excluding hydrogens is 220 g/mol. The Balaban J connectivity index is 2.20. The van der Waals surface area contributed by atoms with Gasteiger partial charge in [-0.05, 0) is 17.9 Å². The topological polar surface area (TPSA) is 53.4 Å². The van der Waals surface area contributed by atoms with Gasteiger partial charge < -0.3 is 4.98 Å². The summed E-state index contributed by atoms with van der Waals surface area (Å²) >= 11 is 1.75. The van der Waals surface area contributed by atoms with Gasteiger partial charge in [0.2, 0.25) is 5.95 Å². The molecule has 1 N–H and O–H groups in total. The van der Waals surface area contributed by atoms with Crippen LogP contribution in [-0.2, 0) is 0 Å². The summed E-state index contributed by atoms with van der Waals surface area (Å²) in [6.07, 6.45) is 3.38. The first-order valence-electron chi connectivity index (χ1n) is 5.03. The van der Waals surface area contributed by atoms with Crippen LogP contribution in [0.4, 0.5) is 11.6 Å². The van der Waals surface area contributed by atoms with Gasteiger partial charge in [-0.2, -0.15) is 0 Å². The van der Waals surface area contributed by atoms with Crippen molar-refractivity contribution in [1.82, 2.24) is 9.97 Å². The van der Waals surface area contributed by atoms with Gasteiger partial charge in [0.1, 0.15) is 0 Å². The van der Waals surface area contributed by atoms with Crippen molar-refractivity contribution >= 4 is 23.4 Å². The van der Waals surface area contributed by atoms with Crippen molar-refractivity contribution in [2.45, 2.75) is 11.8 Å². The second kappa shape index (κ2) is 5.46. The number of azo groups is 1. The van der Waals surface area contributed by atoms with Gasteiger partial charge in [-0.3, -0.25) is 0 Å². The number of rotatable bonds is 4. The maximum atomic E-state index is 4.18. The Hall–Kier alpha value is -1.62. The van der Waals surface area contributed by atoms with E-state index in [9.17, 15) is 0 Å². The van der Waals surface area contributed by atoms with Crippen LogP contribution >= 0.6 is 11.8 Å². The second-order valence-electron chi connectivity index (χ2n) is 3.01. The van der Waals surface area contributed by atoms with Gasteiger partial charge in [0, 0.05) is 17.3 Å². The number of aromatic amines is 1. The van der Waals surface area contributed by atoms with Crippen molar-refractivity contribution in [2.24, 2.45) is 10.2 Å². The Morgan fingerprint density at radius 1 is 1.31 bits per heavy atom. The normalized spacial score (nSPS) is 11.1. The second-order valence-corrected chi connectivity index (χ2v) is 4.32. The van der Waals surface area contributed by atoms with E-state index in [0.29, 0.717) is 5.95 Å². The molecule has 1 aromatic heterocycles. The molecular formula is C11H12N4S. The molecule has 2 rings (SSSR count). The summed E-state index contributed by atoms with van der Waals surface area (Å²) in [5.41, 5.74) is 0.880. The number of aromatic nitrogens is 2. The Morgan fingerprint density at radius 3 is 2.94 bits per heavy atom. The number of nitrogens with one attached hydrogen (secondary N) is 1. The molecule has 0 bridgehead atoms. The molecule has 0 aliphatic carbocycles. The van der Waals surface area contributed by atoms with Gasteiger partial charge >= 0.3 is 0 Å². The largest absolute Gasteiger partial charge is 0.328 e. The summed E-state index contributed by atoms with van der Waals surface area (Å²) in [5, 5.41) is 8.20. The molecule has 0 saturated heterocycles. The summed E-state index contributed by atoms with van der Waals surface area (Å²) in [6.45, 7) is 2.12. The molecule has 0 aliphatic rings. The minimum Gasteiger partial charge on any atom is -0.328 e. The standard InChI is InChI=1S/C11H12N4S/c1-2-16-10-6-4-3-5-9(10)14-15-11-12-7-8-13-11/h3-8H,2H2,1H3,(H,12,13). The van der Waals surface area contributed by atoms with E-state index in [1.807, 2.05) is 24.3 Å². The van der Waals surface area contributed by atoms with Crippen LogP contribution < -0.4 is 0 Å². The van der Waals surface area contributed by atoms with Crippen LogP contribution in [0.15, 0.2) is 51.8 Å². The minimum atomic E-state index is 0.524. The van der Waals surface area contributed by atoms with Gasteiger partial charge in [-0.25, -0.2) is 4.98 Å². The first-order valence-corrected chi connectivity index (χ1v) is 6.01. The highest BCUT2D eigenvalue weighted by atomic mass is 32.2. The van der Waals surface area contributed by atoms with Crippen LogP contribution in [0, 0.1) is 0 Å².